The number of carboxylic acids is 1. The second-order valence-corrected chi connectivity index (χ2v) is 4.90. The molecule has 1 aromatic carbocycles. The molecule has 116 valence electrons. The molecule has 2 amide bonds. The number of carbonyl (C=O) groups excluding carboxylic acids is 1. The van der Waals surface area contributed by atoms with E-state index in [1.807, 2.05) is 13.8 Å². The van der Waals surface area contributed by atoms with Crippen molar-refractivity contribution in [3.05, 3.63) is 24.0 Å². The average Bonchev–Trinajstić information content (AvgIpc) is 2.39. The smallest absolute Gasteiger partial charge is 0.319 e. The fourth-order valence-electron chi connectivity index (χ4n) is 1.71. The van der Waals surface area contributed by atoms with Gasteiger partial charge in [0.05, 0.1) is 13.5 Å². The number of hydrogen-bond acceptors (Lipinski definition) is 3. The fourth-order valence-corrected chi connectivity index (χ4v) is 1.71. The predicted molar refractivity (Wildman–Crippen MR) is 76.0 cm³/mol. The van der Waals surface area contributed by atoms with Gasteiger partial charge in [0.2, 0.25) is 0 Å². The molecule has 1 atom stereocenters. The summed E-state index contributed by atoms with van der Waals surface area (Å²) in [5, 5.41) is 13.9. The lowest BCUT2D eigenvalue weighted by Crippen LogP contribution is -2.42. The van der Waals surface area contributed by atoms with E-state index in [-0.39, 0.29) is 18.1 Å². The Morgan fingerprint density at radius 2 is 2.05 bits per heavy atom. The SMILES string of the molecule is COc1cc(NC(=O)NC(CC(=O)O)C(C)C)ccc1F. The highest BCUT2D eigenvalue weighted by atomic mass is 19.1. The van der Waals surface area contributed by atoms with Crippen LogP contribution in [0.4, 0.5) is 14.9 Å². The molecule has 21 heavy (non-hydrogen) atoms. The minimum atomic E-state index is -0.988. The van der Waals surface area contributed by atoms with Gasteiger partial charge < -0.3 is 20.5 Å². The maximum absolute atomic E-state index is 13.2. The van der Waals surface area contributed by atoms with Gasteiger partial charge in [-0.2, -0.15) is 0 Å². The summed E-state index contributed by atoms with van der Waals surface area (Å²) in [7, 11) is 1.32. The van der Waals surface area contributed by atoms with Gasteiger partial charge in [-0.1, -0.05) is 13.8 Å². The number of benzene rings is 1. The molecular formula is C14H19FN2O4. The number of rotatable bonds is 6. The van der Waals surface area contributed by atoms with Crippen LogP contribution in [0.2, 0.25) is 0 Å². The summed E-state index contributed by atoms with van der Waals surface area (Å²) in [5.41, 5.74) is 0.351. The number of aliphatic carboxylic acids is 1. The number of methoxy groups -OCH3 is 1. The molecule has 1 aromatic rings. The Morgan fingerprint density at radius 3 is 2.57 bits per heavy atom. The Labute approximate surface area is 122 Å². The van der Waals surface area contributed by atoms with Crippen LogP contribution in [-0.4, -0.2) is 30.3 Å². The highest BCUT2D eigenvalue weighted by molar-refractivity contribution is 5.90. The summed E-state index contributed by atoms with van der Waals surface area (Å²) in [5.74, 6) is -1.54. The van der Waals surface area contributed by atoms with Crippen LogP contribution in [0.1, 0.15) is 20.3 Å². The van der Waals surface area contributed by atoms with Crippen LogP contribution in [0, 0.1) is 11.7 Å². The third-order valence-electron chi connectivity index (χ3n) is 2.92. The molecule has 3 N–H and O–H groups in total. The number of halogens is 1. The van der Waals surface area contributed by atoms with Crippen LogP contribution in [-0.2, 0) is 4.79 Å². The quantitative estimate of drug-likeness (QED) is 0.752. The molecule has 0 aliphatic rings. The largest absolute Gasteiger partial charge is 0.494 e. The zero-order valence-corrected chi connectivity index (χ0v) is 12.1. The van der Waals surface area contributed by atoms with Crippen LogP contribution < -0.4 is 15.4 Å². The van der Waals surface area contributed by atoms with Crippen LogP contribution in [0.25, 0.3) is 0 Å². The number of ether oxygens (including phenoxy) is 1. The second-order valence-electron chi connectivity index (χ2n) is 4.90. The van der Waals surface area contributed by atoms with E-state index in [4.69, 9.17) is 9.84 Å². The minimum absolute atomic E-state index is 0.0127. The van der Waals surface area contributed by atoms with Gasteiger partial charge in [0, 0.05) is 17.8 Å². The number of urea groups is 1. The number of amides is 2. The molecule has 0 fully saturated rings. The molecule has 0 aliphatic heterocycles. The number of carboxylic acid groups (broad SMARTS) is 1. The number of nitrogens with one attached hydrogen (secondary N) is 2. The predicted octanol–water partition coefficient (Wildman–Crippen LogP) is 2.46. The summed E-state index contributed by atoms with van der Waals surface area (Å²) in [6.07, 6.45) is -0.169. The highest BCUT2D eigenvalue weighted by Crippen LogP contribution is 2.21. The van der Waals surface area contributed by atoms with E-state index in [1.165, 1.54) is 25.3 Å². The molecule has 0 bridgehead atoms. The van der Waals surface area contributed by atoms with Gasteiger partial charge in [0.25, 0.3) is 0 Å². The average molecular weight is 298 g/mol. The third-order valence-corrected chi connectivity index (χ3v) is 2.92. The van der Waals surface area contributed by atoms with E-state index in [9.17, 15) is 14.0 Å². The number of anilines is 1. The van der Waals surface area contributed by atoms with Gasteiger partial charge in [-0.15, -0.1) is 0 Å². The monoisotopic (exact) mass is 298 g/mol. The Kier molecular flexibility index (Phi) is 5.95. The van der Waals surface area contributed by atoms with Gasteiger partial charge in [0.15, 0.2) is 11.6 Å². The van der Waals surface area contributed by atoms with E-state index in [0.29, 0.717) is 5.69 Å². The van der Waals surface area contributed by atoms with E-state index >= 15 is 0 Å². The normalized spacial score (nSPS) is 11.9. The zero-order valence-electron chi connectivity index (χ0n) is 12.1. The Balaban J connectivity index is 2.69. The summed E-state index contributed by atoms with van der Waals surface area (Å²) in [6, 6.07) is 2.86. The van der Waals surface area contributed by atoms with Gasteiger partial charge in [-0.3, -0.25) is 4.79 Å². The Morgan fingerprint density at radius 1 is 1.38 bits per heavy atom. The summed E-state index contributed by atoms with van der Waals surface area (Å²) >= 11 is 0. The minimum Gasteiger partial charge on any atom is -0.494 e. The van der Waals surface area contributed by atoms with Crippen molar-refractivity contribution >= 4 is 17.7 Å². The van der Waals surface area contributed by atoms with Gasteiger partial charge in [0.1, 0.15) is 0 Å². The Hall–Kier alpha value is -2.31. The molecule has 0 saturated heterocycles. The molecule has 0 spiro atoms. The summed E-state index contributed by atoms with van der Waals surface area (Å²) in [6.45, 7) is 3.63. The maximum atomic E-state index is 13.2. The first-order valence-corrected chi connectivity index (χ1v) is 6.46. The van der Waals surface area contributed by atoms with Crippen molar-refractivity contribution in [2.75, 3.05) is 12.4 Å². The van der Waals surface area contributed by atoms with E-state index in [2.05, 4.69) is 10.6 Å². The molecule has 1 unspecified atom stereocenters. The van der Waals surface area contributed by atoms with Crippen LogP contribution in [0.3, 0.4) is 0 Å². The first-order chi connectivity index (χ1) is 9.83. The molecule has 1 rings (SSSR count). The van der Waals surface area contributed by atoms with Gasteiger partial charge in [-0.05, 0) is 18.1 Å². The lowest BCUT2D eigenvalue weighted by atomic mass is 10.0. The molecule has 0 heterocycles. The number of hydrogen-bond donors (Lipinski definition) is 3. The van der Waals surface area contributed by atoms with Crippen molar-refractivity contribution < 1.29 is 23.8 Å². The molecule has 7 heteroatoms. The first kappa shape index (κ1) is 16.7. The lowest BCUT2D eigenvalue weighted by molar-refractivity contribution is -0.137. The third kappa shape index (κ3) is 5.29. The Bertz CT molecular complexity index is 520. The molecule has 6 nitrogen and oxygen atoms in total. The second kappa shape index (κ2) is 7.47. The van der Waals surface area contributed by atoms with Crippen LogP contribution >= 0.6 is 0 Å². The molecule has 0 radical (unpaired) electrons. The summed E-state index contributed by atoms with van der Waals surface area (Å²) in [4.78, 5) is 22.6. The van der Waals surface area contributed by atoms with Crippen LogP contribution in [0.15, 0.2) is 18.2 Å². The summed E-state index contributed by atoms with van der Waals surface area (Å²) < 4.78 is 18.1. The van der Waals surface area contributed by atoms with E-state index in [0.717, 1.165) is 0 Å². The van der Waals surface area contributed by atoms with E-state index in [1.54, 1.807) is 0 Å². The topological polar surface area (TPSA) is 87.7 Å². The van der Waals surface area contributed by atoms with Gasteiger partial charge in [-0.25, -0.2) is 9.18 Å². The van der Waals surface area contributed by atoms with Gasteiger partial charge >= 0.3 is 12.0 Å². The molecule has 0 aliphatic carbocycles. The van der Waals surface area contributed by atoms with Crippen molar-refractivity contribution in [3.8, 4) is 5.75 Å². The zero-order chi connectivity index (χ0) is 16.0. The first-order valence-electron chi connectivity index (χ1n) is 6.46. The number of carbonyl (C=O) groups is 2. The fraction of sp³-hybridized carbons (Fsp3) is 0.429. The van der Waals surface area contributed by atoms with Crippen molar-refractivity contribution in [1.29, 1.82) is 0 Å². The van der Waals surface area contributed by atoms with Crippen molar-refractivity contribution in [2.24, 2.45) is 5.92 Å². The standard InChI is InChI=1S/C14H19FN2O4/c1-8(2)11(7-13(18)19)17-14(20)16-9-4-5-10(15)12(6-9)21-3/h4-6,8,11H,7H2,1-3H3,(H,18,19)(H2,16,17,20). The molecular weight excluding hydrogens is 279 g/mol. The molecule has 0 aromatic heterocycles. The van der Waals surface area contributed by atoms with Crippen LogP contribution in [0.5, 0.6) is 5.75 Å². The van der Waals surface area contributed by atoms with Crippen molar-refractivity contribution in [2.45, 2.75) is 26.3 Å². The molecule has 0 saturated carbocycles. The van der Waals surface area contributed by atoms with Crippen molar-refractivity contribution in [3.63, 3.8) is 0 Å². The highest BCUT2D eigenvalue weighted by Gasteiger charge is 2.19. The van der Waals surface area contributed by atoms with E-state index < -0.39 is 23.9 Å². The van der Waals surface area contributed by atoms with Crippen molar-refractivity contribution in [1.82, 2.24) is 5.32 Å². The lowest BCUT2D eigenvalue weighted by Gasteiger charge is -2.21. The maximum Gasteiger partial charge on any atom is 0.319 e.